The normalized spacial score (nSPS) is 11.2. The minimum absolute atomic E-state index is 0.159. The highest BCUT2D eigenvalue weighted by atomic mass is 35.5. The van der Waals surface area contributed by atoms with Crippen LogP contribution in [0.4, 0.5) is 0 Å². The van der Waals surface area contributed by atoms with Gasteiger partial charge in [-0.3, -0.25) is 4.79 Å². The molecule has 0 radical (unpaired) electrons. The predicted octanol–water partition coefficient (Wildman–Crippen LogP) is 4.51. The van der Waals surface area contributed by atoms with Crippen molar-refractivity contribution in [2.24, 2.45) is 7.05 Å². The van der Waals surface area contributed by atoms with Crippen molar-refractivity contribution in [3.8, 4) is 0 Å². The first-order valence-electron chi connectivity index (χ1n) is 7.63. The molecule has 2 aromatic carbocycles. The van der Waals surface area contributed by atoms with Crippen molar-refractivity contribution in [1.29, 1.82) is 0 Å². The van der Waals surface area contributed by atoms with E-state index in [0.717, 1.165) is 22.0 Å². The summed E-state index contributed by atoms with van der Waals surface area (Å²) in [7, 11) is 1.87. The molecule has 2 aromatic heterocycles. The van der Waals surface area contributed by atoms with Crippen LogP contribution in [-0.2, 0) is 13.6 Å². The highest BCUT2D eigenvalue weighted by molar-refractivity contribution is 6.31. The fourth-order valence-electron chi connectivity index (χ4n) is 2.96. The van der Waals surface area contributed by atoms with Crippen LogP contribution in [0.15, 0.2) is 59.0 Å². The smallest absolute Gasteiger partial charge is 0.268 e. The lowest BCUT2D eigenvalue weighted by Crippen LogP contribution is -2.25. The maximum atomic E-state index is 12.5. The predicted molar refractivity (Wildman–Crippen MR) is 95.3 cm³/mol. The molecular formula is C19H15ClN2O2. The standard InChI is InChI=1S/C19H15ClN2O2/c1-22-15(19(23)21-11-12-6-2-4-8-14(12)20)10-17-18(22)13-7-3-5-9-16(13)24-17/h2-10H,11H2,1H3,(H,21,23). The largest absolute Gasteiger partial charge is 0.454 e. The summed E-state index contributed by atoms with van der Waals surface area (Å²) in [5.74, 6) is -0.159. The Morgan fingerprint density at radius 3 is 2.71 bits per heavy atom. The highest BCUT2D eigenvalue weighted by Gasteiger charge is 2.18. The lowest BCUT2D eigenvalue weighted by Gasteiger charge is -2.08. The Labute approximate surface area is 143 Å². The Hall–Kier alpha value is -2.72. The van der Waals surface area contributed by atoms with E-state index in [1.807, 2.05) is 60.1 Å². The maximum absolute atomic E-state index is 12.5. The van der Waals surface area contributed by atoms with Crippen LogP contribution in [0.5, 0.6) is 0 Å². The van der Waals surface area contributed by atoms with E-state index >= 15 is 0 Å². The number of para-hydroxylation sites is 1. The van der Waals surface area contributed by atoms with Crippen molar-refractivity contribution in [3.63, 3.8) is 0 Å². The Kier molecular flexibility index (Phi) is 3.54. The topological polar surface area (TPSA) is 47.2 Å². The molecule has 5 heteroatoms. The zero-order valence-corrected chi connectivity index (χ0v) is 13.8. The Bertz CT molecular complexity index is 1060. The molecule has 0 bridgehead atoms. The molecule has 24 heavy (non-hydrogen) atoms. The van der Waals surface area contributed by atoms with E-state index in [4.69, 9.17) is 16.0 Å². The molecule has 0 aliphatic carbocycles. The second kappa shape index (κ2) is 5.73. The van der Waals surface area contributed by atoms with Crippen molar-refractivity contribution in [2.75, 3.05) is 0 Å². The lowest BCUT2D eigenvalue weighted by atomic mass is 10.2. The van der Waals surface area contributed by atoms with E-state index in [1.165, 1.54) is 0 Å². The molecule has 0 unspecified atom stereocenters. The monoisotopic (exact) mass is 338 g/mol. The molecule has 0 spiro atoms. The number of carbonyl (C=O) groups is 1. The van der Waals surface area contributed by atoms with Gasteiger partial charge in [0.25, 0.3) is 5.91 Å². The Morgan fingerprint density at radius 2 is 1.88 bits per heavy atom. The van der Waals surface area contributed by atoms with Crippen LogP contribution in [0.1, 0.15) is 16.1 Å². The van der Waals surface area contributed by atoms with Crippen LogP contribution in [0, 0.1) is 0 Å². The van der Waals surface area contributed by atoms with Crippen LogP contribution in [-0.4, -0.2) is 10.5 Å². The Morgan fingerprint density at radius 1 is 1.12 bits per heavy atom. The third-order valence-electron chi connectivity index (χ3n) is 4.19. The molecule has 4 rings (SSSR count). The van der Waals surface area contributed by atoms with Crippen molar-refractivity contribution >= 4 is 39.6 Å². The summed E-state index contributed by atoms with van der Waals surface area (Å²) in [5, 5.41) is 4.55. The number of aryl methyl sites for hydroxylation is 1. The molecule has 4 aromatic rings. The van der Waals surface area contributed by atoms with Crippen LogP contribution in [0.2, 0.25) is 5.02 Å². The second-order valence-electron chi connectivity index (χ2n) is 5.67. The Balaban J connectivity index is 1.65. The molecule has 0 aliphatic heterocycles. The van der Waals surface area contributed by atoms with Crippen molar-refractivity contribution in [1.82, 2.24) is 9.88 Å². The number of hydrogen-bond donors (Lipinski definition) is 1. The zero-order chi connectivity index (χ0) is 16.7. The van der Waals surface area contributed by atoms with Gasteiger partial charge in [-0.05, 0) is 23.8 Å². The minimum atomic E-state index is -0.159. The summed E-state index contributed by atoms with van der Waals surface area (Å²) in [6.07, 6.45) is 0. The van der Waals surface area contributed by atoms with Crippen LogP contribution in [0.25, 0.3) is 22.1 Å². The number of hydrogen-bond acceptors (Lipinski definition) is 2. The molecule has 0 atom stereocenters. The fraction of sp³-hybridized carbons (Fsp3) is 0.105. The SMILES string of the molecule is Cn1c(C(=O)NCc2ccccc2Cl)cc2oc3ccccc3c21. The molecule has 1 N–H and O–H groups in total. The first-order chi connectivity index (χ1) is 11.6. The van der Waals surface area contributed by atoms with E-state index in [1.54, 1.807) is 6.07 Å². The van der Waals surface area contributed by atoms with Gasteiger partial charge in [0, 0.05) is 30.1 Å². The molecule has 0 saturated heterocycles. The van der Waals surface area contributed by atoms with Gasteiger partial charge in [-0.15, -0.1) is 0 Å². The summed E-state index contributed by atoms with van der Waals surface area (Å²) in [6, 6.07) is 17.1. The maximum Gasteiger partial charge on any atom is 0.268 e. The van der Waals surface area contributed by atoms with Gasteiger partial charge in [-0.2, -0.15) is 0 Å². The van der Waals surface area contributed by atoms with E-state index < -0.39 is 0 Å². The number of aromatic nitrogens is 1. The van der Waals surface area contributed by atoms with Gasteiger partial charge < -0.3 is 14.3 Å². The van der Waals surface area contributed by atoms with E-state index in [0.29, 0.717) is 22.8 Å². The number of rotatable bonds is 3. The van der Waals surface area contributed by atoms with Gasteiger partial charge in [0.1, 0.15) is 11.3 Å². The number of nitrogens with one attached hydrogen (secondary N) is 1. The van der Waals surface area contributed by atoms with Crippen LogP contribution < -0.4 is 5.32 Å². The van der Waals surface area contributed by atoms with Crippen molar-refractivity contribution in [2.45, 2.75) is 6.54 Å². The molecule has 0 saturated carbocycles. The first kappa shape index (κ1) is 14.8. The van der Waals surface area contributed by atoms with Gasteiger partial charge in [0.05, 0.1) is 5.52 Å². The molecule has 0 aliphatic rings. The molecule has 2 heterocycles. The van der Waals surface area contributed by atoms with Crippen LogP contribution >= 0.6 is 11.6 Å². The second-order valence-corrected chi connectivity index (χ2v) is 6.08. The fourth-order valence-corrected chi connectivity index (χ4v) is 3.16. The van der Waals surface area contributed by atoms with Gasteiger partial charge in [-0.25, -0.2) is 0 Å². The molecular weight excluding hydrogens is 324 g/mol. The highest BCUT2D eigenvalue weighted by Crippen LogP contribution is 2.30. The summed E-state index contributed by atoms with van der Waals surface area (Å²) >= 11 is 6.13. The third kappa shape index (κ3) is 2.36. The zero-order valence-electron chi connectivity index (χ0n) is 13.0. The van der Waals surface area contributed by atoms with Gasteiger partial charge in [-0.1, -0.05) is 41.9 Å². The van der Waals surface area contributed by atoms with Gasteiger partial charge in [0.15, 0.2) is 5.58 Å². The van der Waals surface area contributed by atoms with E-state index in [9.17, 15) is 4.79 Å². The number of benzene rings is 2. The number of carbonyl (C=O) groups excluding carboxylic acids is 1. The van der Waals surface area contributed by atoms with Gasteiger partial charge >= 0.3 is 0 Å². The molecule has 0 fully saturated rings. The van der Waals surface area contributed by atoms with Crippen LogP contribution in [0.3, 0.4) is 0 Å². The summed E-state index contributed by atoms with van der Waals surface area (Å²) < 4.78 is 7.69. The average Bonchev–Trinajstić information content (AvgIpc) is 3.11. The minimum Gasteiger partial charge on any atom is -0.454 e. The lowest BCUT2D eigenvalue weighted by molar-refractivity contribution is 0.0943. The number of amides is 1. The van der Waals surface area contributed by atoms with E-state index in [2.05, 4.69) is 5.32 Å². The van der Waals surface area contributed by atoms with E-state index in [-0.39, 0.29) is 5.91 Å². The molecule has 4 nitrogen and oxygen atoms in total. The number of fused-ring (bicyclic) bond motifs is 3. The quantitative estimate of drug-likeness (QED) is 0.597. The summed E-state index contributed by atoms with van der Waals surface area (Å²) in [4.78, 5) is 12.5. The molecule has 120 valence electrons. The number of halogens is 1. The van der Waals surface area contributed by atoms with Gasteiger partial charge in [0.2, 0.25) is 0 Å². The number of furan rings is 1. The number of nitrogens with zero attached hydrogens (tertiary/aromatic N) is 1. The first-order valence-corrected chi connectivity index (χ1v) is 8.01. The third-order valence-corrected chi connectivity index (χ3v) is 4.56. The van der Waals surface area contributed by atoms with Crippen molar-refractivity contribution in [3.05, 3.63) is 70.9 Å². The average molecular weight is 339 g/mol. The summed E-state index contributed by atoms with van der Waals surface area (Å²) in [5.41, 5.74) is 3.90. The van der Waals surface area contributed by atoms with Crippen molar-refractivity contribution < 1.29 is 9.21 Å². The molecule has 1 amide bonds. The summed E-state index contributed by atoms with van der Waals surface area (Å²) in [6.45, 7) is 0.381.